The third kappa shape index (κ3) is 2.47. The lowest BCUT2D eigenvalue weighted by Crippen LogP contribution is -2.04. The van der Waals surface area contributed by atoms with Gasteiger partial charge in [-0.15, -0.1) is 5.10 Å². The SMILES string of the molecule is COc1ccnc(-c2nc(N)c3c(C)c(-c4ccn(C)n4)cn3n2)c1. The maximum Gasteiger partial charge on any atom is 0.200 e. The third-order valence-electron chi connectivity index (χ3n) is 4.10. The van der Waals surface area contributed by atoms with E-state index in [2.05, 4.69) is 20.2 Å². The highest BCUT2D eigenvalue weighted by molar-refractivity contribution is 5.81. The van der Waals surface area contributed by atoms with Crippen LogP contribution in [0.2, 0.25) is 0 Å². The molecule has 126 valence electrons. The maximum absolute atomic E-state index is 6.21. The molecule has 0 aliphatic carbocycles. The molecule has 0 aliphatic rings. The summed E-state index contributed by atoms with van der Waals surface area (Å²) in [5.74, 6) is 1.52. The molecule has 25 heavy (non-hydrogen) atoms. The molecule has 4 aromatic rings. The average molecular weight is 335 g/mol. The Bertz CT molecular complexity index is 1080. The number of pyridine rings is 1. The number of nitrogens with two attached hydrogens (primary N) is 1. The van der Waals surface area contributed by atoms with Crippen molar-refractivity contribution in [2.24, 2.45) is 7.05 Å². The number of aryl methyl sites for hydroxylation is 2. The molecular weight excluding hydrogens is 318 g/mol. The van der Waals surface area contributed by atoms with Gasteiger partial charge in [0.2, 0.25) is 5.82 Å². The van der Waals surface area contributed by atoms with Gasteiger partial charge in [0.25, 0.3) is 0 Å². The second kappa shape index (κ2) is 5.59. The smallest absolute Gasteiger partial charge is 0.200 e. The minimum absolute atomic E-state index is 0.398. The standard InChI is InChI=1S/C17H17N7O/c1-10-12(13-5-7-23(2)21-13)9-24-15(10)16(18)20-17(22-24)14-8-11(25-3)4-6-19-14/h4-9H,1-3H3,(H2,18,20,22). The first-order chi connectivity index (χ1) is 12.1. The lowest BCUT2D eigenvalue weighted by molar-refractivity contribution is 0.414. The van der Waals surface area contributed by atoms with E-state index in [1.54, 1.807) is 34.6 Å². The van der Waals surface area contributed by atoms with Gasteiger partial charge in [-0.1, -0.05) is 0 Å². The molecule has 8 nitrogen and oxygen atoms in total. The largest absolute Gasteiger partial charge is 0.497 e. The summed E-state index contributed by atoms with van der Waals surface area (Å²) < 4.78 is 8.73. The van der Waals surface area contributed by atoms with Crippen LogP contribution in [0.1, 0.15) is 5.56 Å². The summed E-state index contributed by atoms with van der Waals surface area (Å²) in [4.78, 5) is 8.73. The first kappa shape index (κ1) is 15.1. The van der Waals surface area contributed by atoms with Crippen molar-refractivity contribution in [1.82, 2.24) is 29.4 Å². The molecule has 0 unspecified atom stereocenters. The molecule has 0 amide bonds. The van der Waals surface area contributed by atoms with Crippen LogP contribution < -0.4 is 10.5 Å². The van der Waals surface area contributed by atoms with Crippen LogP contribution >= 0.6 is 0 Å². The zero-order chi connectivity index (χ0) is 17.6. The van der Waals surface area contributed by atoms with Gasteiger partial charge < -0.3 is 10.5 Å². The molecule has 0 spiro atoms. The Balaban J connectivity index is 1.90. The number of methoxy groups -OCH3 is 1. The van der Waals surface area contributed by atoms with Gasteiger partial charge in [0.05, 0.1) is 12.8 Å². The predicted octanol–water partition coefficient (Wildman–Crippen LogP) is 2.09. The lowest BCUT2D eigenvalue weighted by Gasteiger charge is -2.05. The number of hydrogen-bond donors (Lipinski definition) is 1. The number of nitrogens with zero attached hydrogens (tertiary/aromatic N) is 6. The van der Waals surface area contributed by atoms with Crippen molar-refractivity contribution >= 4 is 11.3 Å². The number of anilines is 1. The molecule has 0 aromatic carbocycles. The second-order valence-electron chi connectivity index (χ2n) is 5.74. The number of rotatable bonds is 3. The normalized spacial score (nSPS) is 11.2. The van der Waals surface area contributed by atoms with Gasteiger partial charge in [-0.2, -0.15) is 5.10 Å². The third-order valence-corrected chi connectivity index (χ3v) is 4.10. The van der Waals surface area contributed by atoms with Crippen molar-refractivity contribution in [3.63, 3.8) is 0 Å². The Morgan fingerprint density at radius 2 is 2.00 bits per heavy atom. The Kier molecular flexibility index (Phi) is 3.38. The van der Waals surface area contributed by atoms with Crippen LogP contribution in [0.4, 0.5) is 5.82 Å². The fourth-order valence-corrected chi connectivity index (χ4v) is 2.85. The average Bonchev–Trinajstić information content (AvgIpc) is 3.18. The van der Waals surface area contributed by atoms with Gasteiger partial charge in [-0.25, -0.2) is 9.50 Å². The first-order valence-corrected chi connectivity index (χ1v) is 7.72. The Labute approximate surface area is 143 Å². The van der Waals surface area contributed by atoms with Crippen molar-refractivity contribution in [2.45, 2.75) is 6.92 Å². The Morgan fingerprint density at radius 1 is 1.16 bits per heavy atom. The van der Waals surface area contributed by atoms with Crippen molar-refractivity contribution in [3.05, 3.63) is 42.4 Å². The van der Waals surface area contributed by atoms with Crippen molar-refractivity contribution < 1.29 is 4.74 Å². The van der Waals surface area contributed by atoms with Gasteiger partial charge >= 0.3 is 0 Å². The number of hydrogen-bond acceptors (Lipinski definition) is 6. The zero-order valence-corrected chi connectivity index (χ0v) is 14.1. The van der Waals surface area contributed by atoms with E-state index in [4.69, 9.17) is 10.5 Å². The molecule has 0 radical (unpaired) electrons. The quantitative estimate of drug-likeness (QED) is 0.616. The van der Waals surface area contributed by atoms with E-state index in [0.717, 1.165) is 22.3 Å². The molecule has 0 saturated carbocycles. The molecule has 4 heterocycles. The minimum Gasteiger partial charge on any atom is -0.497 e. The van der Waals surface area contributed by atoms with E-state index < -0.39 is 0 Å². The molecular formula is C17H17N7O. The Hall–Kier alpha value is -3.42. The molecule has 0 atom stereocenters. The summed E-state index contributed by atoms with van der Waals surface area (Å²) in [5, 5.41) is 9.02. The Morgan fingerprint density at radius 3 is 2.72 bits per heavy atom. The van der Waals surface area contributed by atoms with Crippen LogP contribution in [0.3, 0.4) is 0 Å². The van der Waals surface area contributed by atoms with Crippen LogP contribution in [0.15, 0.2) is 36.8 Å². The number of aromatic nitrogens is 6. The van der Waals surface area contributed by atoms with Gasteiger partial charge in [0.15, 0.2) is 5.82 Å². The van der Waals surface area contributed by atoms with Crippen LogP contribution in [0.25, 0.3) is 28.3 Å². The number of ether oxygens (including phenoxy) is 1. The first-order valence-electron chi connectivity index (χ1n) is 7.72. The summed E-state index contributed by atoms with van der Waals surface area (Å²) in [7, 11) is 3.49. The fraction of sp³-hybridized carbons (Fsp3) is 0.176. The fourth-order valence-electron chi connectivity index (χ4n) is 2.85. The molecule has 4 aromatic heterocycles. The molecule has 0 fully saturated rings. The van der Waals surface area contributed by atoms with Crippen LogP contribution in [0.5, 0.6) is 5.75 Å². The van der Waals surface area contributed by atoms with E-state index in [9.17, 15) is 0 Å². The van der Waals surface area contributed by atoms with Crippen molar-refractivity contribution in [2.75, 3.05) is 12.8 Å². The van der Waals surface area contributed by atoms with E-state index >= 15 is 0 Å². The summed E-state index contributed by atoms with van der Waals surface area (Å²) in [6, 6.07) is 5.50. The highest BCUT2D eigenvalue weighted by Crippen LogP contribution is 2.30. The van der Waals surface area contributed by atoms with Crippen molar-refractivity contribution in [3.8, 4) is 28.5 Å². The summed E-state index contributed by atoms with van der Waals surface area (Å²) in [6.45, 7) is 1.99. The molecule has 8 heteroatoms. The van der Waals surface area contributed by atoms with Crippen LogP contribution in [-0.4, -0.2) is 36.5 Å². The predicted molar refractivity (Wildman–Crippen MR) is 94.1 cm³/mol. The number of fused-ring (bicyclic) bond motifs is 1. The second-order valence-corrected chi connectivity index (χ2v) is 5.74. The zero-order valence-electron chi connectivity index (χ0n) is 14.1. The van der Waals surface area contributed by atoms with Crippen LogP contribution in [0, 0.1) is 6.92 Å². The van der Waals surface area contributed by atoms with Gasteiger partial charge in [-0.3, -0.25) is 9.67 Å². The molecule has 0 saturated heterocycles. The molecule has 0 aliphatic heterocycles. The summed E-state index contributed by atoms with van der Waals surface area (Å²) in [6.07, 6.45) is 5.46. The summed E-state index contributed by atoms with van der Waals surface area (Å²) in [5.41, 5.74) is 10.4. The van der Waals surface area contributed by atoms with Gasteiger partial charge in [-0.05, 0) is 24.6 Å². The lowest BCUT2D eigenvalue weighted by atomic mass is 10.1. The van der Waals surface area contributed by atoms with E-state index in [-0.39, 0.29) is 0 Å². The van der Waals surface area contributed by atoms with Crippen molar-refractivity contribution in [1.29, 1.82) is 0 Å². The van der Waals surface area contributed by atoms with E-state index in [1.807, 2.05) is 32.4 Å². The van der Waals surface area contributed by atoms with Crippen LogP contribution in [-0.2, 0) is 7.05 Å². The van der Waals surface area contributed by atoms with Gasteiger partial charge in [0.1, 0.15) is 17.0 Å². The topological polar surface area (TPSA) is 96.2 Å². The monoisotopic (exact) mass is 335 g/mol. The molecule has 2 N–H and O–H groups in total. The van der Waals surface area contributed by atoms with E-state index in [1.165, 1.54) is 0 Å². The number of nitrogen functional groups attached to an aromatic ring is 1. The summed E-state index contributed by atoms with van der Waals surface area (Å²) >= 11 is 0. The van der Waals surface area contributed by atoms with Gasteiger partial charge in [0, 0.05) is 37.3 Å². The maximum atomic E-state index is 6.21. The highest BCUT2D eigenvalue weighted by Gasteiger charge is 2.17. The molecule has 0 bridgehead atoms. The van der Waals surface area contributed by atoms with E-state index in [0.29, 0.717) is 23.1 Å². The highest BCUT2D eigenvalue weighted by atomic mass is 16.5. The molecule has 4 rings (SSSR count). The minimum atomic E-state index is 0.398.